The number of hydrogen-bond acceptors (Lipinski definition) is 2. The number of aliphatic hydroxyl groups excluding tert-OH is 1. The van der Waals surface area contributed by atoms with Gasteiger partial charge in [-0.3, -0.25) is 0 Å². The van der Waals surface area contributed by atoms with Crippen LogP contribution in [0.3, 0.4) is 0 Å². The second kappa shape index (κ2) is 5.79. The van der Waals surface area contributed by atoms with Gasteiger partial charge in [0.2, 0.25) is 0 Å². The molecule has 1 atom stereocenters. The van der Waals surface area contributed by atoms with E-state index in [1.54, 1.807) is 6.92 Å². The highest BCUT2D eigenvalue weighted by atomic mass is 35.5. The fourth-order valence-corrected chi connectivity index (χ4v) is 2.92. The van der Waals surface area contributed by atoms with Gasteiger partial charge in [0.05, 0.1) is 16.8 Å². The van der Waals surface area contributed by atoms with Gasteiger partial charge >= 0.3 is 0 Å². The number of anilines is 1. The van der Waals surface area contributed by atoms with Gasteiger partial charge in [-0.05, 0) is 36.5 Å². The molecule has 0 radical (unpaired) electrons. The van der Waals surface area contributed by atoms with Crippen LogP contribution in [0.15, 0.2) is 29.8 Å². The van der Waals surface area contributed by atoms with E-state index in [0.29, 0.717) is 0 Å². The molecule has 1 aromatic rings. The van der Waals surface area contributed by atoms with Crippen molar-refractivity contribution in [1.29, 1.82) is 0 Å². The first kappa shape index (κ1) is 15.4. The lowest BCUT2D eigenvalue weighted by Gasteiger charge is -2.34. The Morgan fingerprint density at radius 3 is 2.45 bits per heavy atom. The van der Waals surface area contributed by atoms with Gasteiger partial charge in [-0.2, -0.15) is 0 Å². The summed E-state index contributed by atoms with van der Waals surface area (Å²) in [5, 5.41) is 10.3. The number of halogens is 1. The number of benzene rings is 1. The lowest BCUT2D eigenvalue weighted by atomic mass is 9.83. The zero-order valence-electron chi connectivity index (χ0n) is 12.8. The molecule has 0 saturated carbocycles. The monoisotopic (exact) mass is 293 g/mol. The molecule has 1 aliphatic rings. The third-order valence-electron chi connectivity index (χ3n) is 3.97. The van der Waals surface area contributed by atoms with Gasteiger partial charge in [0.15, 0.2) is 0 Å². The fourth-order valence-electron chi connectivity index (χ4n) is 2.61. The number of aliphatic hydroxyl groups is 1. The summed E-state index contributed by atoms with van der Waals surface area (Å²) in [4.78, 5) is 2.30. The lowest BCUT2D eigenvalue weighted by molar-refractivity contribution is 0.199. The van der Waals surface area contributed by atoms with E-state index < -0.39 is 6.10 Å². The predicted octanol–water partition coefficient (Wildman–Crippen LogP) is 4.58. The van der Waals surface area contributed by atoms with Crippen LogP contribution in [0.25, 0.3) is 0 Å². The molecule has 0 aromatic heterocycles. The van der Waals surface area contributed by atoms with Crippen LogP contribution in [-0.4, -0.2) is 18.2 Å². The standard InChI is InChI=1S/C17H24ClNO/c1-12(20)13-5-6-16(15(18)11-13)19-9-7-14(8-10-19)17(2,3)4/h5-7,11-12,20H,8-10H2,1-4H3. The number of hydrogen-bond donors (Lipinski definition) is 1. The summed E-state index contributed by atoms with van der Waals surface area (Å²) in [6.07, 6.45) is 2.93. The van der Waals surface area contributed by atoms with E-state index in [9.17, 15) is 5.11 Å². The van der Waals surface area contributed by atoms with Gasteiger partial charge in [0, 0.05) is 13.1 Å². The van der Waals surface area contributed by atoms with Crippen molar-refractivity contribution in [3.8, 4) is 0 Å². The Morgan fingerprint density at radius 2 is 2.00 bits per heavy atom. The van der Waals surface area contributed by atoms with Crippen LogP contribution >= 0.6 is 11.6 Å². The van der Waals surface area contributed by atoms with Gasteiger partial charge in [-0.1, -0.05) is 50.1 Å². The van der Waals surface area contributed by atoms with Gasteiger partial charge in [-0.25, -0.2) is 0 Å². The van der Waals surface area contributed by atoms with Gasteiger partial charge in [0.1, 0.15) is 0 Å². The molecule has 0 aliphatic carbocycles. The zero-order chi connectivity index (χ0) is 14.9. The topological polar surface area (TPSA) is 23.5 Å². The van der Waals surface area contributed by atoms with Crippen LogP contribution in [0.5, 0.6) is 0 Å². The molecule has 20 heavy (non-hydrogen) atoms. The molecule has 3 heteroatoms. The van der Waals surface area contributed by atoms with Crippen molar-refractivity contribution in [3.05, 3.63) is 40.4 Å². The Kier molecular flexibility index (Phi) is 4.46. The minimum atomic E-state index is -0.477. The summed E-state index contributed by atoms with van der Waals surface area (Å²) in [6, 6.07) is 5.83. The molecule has 0 bridgehead atoms. The molecule has 1 N–H and O–H groups in total. The summed E-state index contributed by atoms with van der Waals surface area (Å²) in [5.74, 6) is 0. The molecule has 0 spiro atoms. The molecule has 1 aromatic carbocycles. The molecule has 1 unspecified atom stereocenters. The average Bonchev–Trinajstić information content (AvgIpc) is 2.37. The van der Waals surface area contributed by atoms with Crippen molar-refractivity contribution in [3.63, 3.8) is 0 Å². The van der Waals surface area contributed by atoms with Gasteiger partial charge in [-0.15, -0.1) is 0 Å². The minimum Gasteiger partial charge on any atom is -0.389 e. The molecule has 1 heterocycles. The van der Waals surface area contributed by atoms with Crippen molar-refractivity contribution < 1.29 is 5.11 Å². The van der Waals surface area contributed by atoms with Crippen LogP contribution in [0.1, 0.15) is 45.8 Å². The molecule has 1 aliphatic heterocycles. The van der Waals surface area contributed by atoms with Crippen LogP contribution < -0.4 is 4.90 Å². The van der Waals surface area contributed by atoms with Crippen LogP contribution in [0, 0.1) is 5.41 Å². The van der Waals surface area contributed by atoms with E-state index in [4.69, 9.17) is 11.6 Å². The number of rotatable bonds is 2. The molecular formula is C17H24ClNO. The molecular weight excluding hydrogens is 270 g/mol. The second-order valence-corrected chi connectivity index (χ2v) is 6.97. The summed E-state index contributed by atoms with van der Waals surface area (Å²) in [6.45, 7) is 10.4. The van der Waals surface area contributed by atoms with Crippen molar-refractivity contribution in [2.24, 2.45) is 5.41 Å². The highest BCUT2D eigenvalue weighted by Crippen LogP contribution is 2.34. The molecule has 0 saturated heterocycles. The Bertz CT molecular complexity index is 514. The normalized spacial score (nSPS) is 17.9. The Balaban J connectivity index is 2.17. The predicted molar refractivity (Wildman–Crippen MR) is 86.5 cm³/mol. The van der Waals surface area contributed by atoms with E-state index >= 15 is 0 Å². The van der Waals surface area contributed by atoms with Gasteiger partial charge in [0.25, 0.3) is 0 Å². The van der Waals surface area contributed by atoms with E-state index in [0.717, 1.165) is 35.8 Å². The molecule has 2 nitrogen and oxygen atoms in total. The summed E-state index contributed by atoms with van der Waals surface area (Å²) < 4.78 is 0. The maximum Gasteiger partial charge on any atom is 0.0762 e. The molecule has 0 fully saturated rings. The Hall–Kier alpha value is -0.990. The van der Waals surface area contributed by atoms with Gasteiger partial charge < -0.3 is 10.0 Å². The maximum atomic E-state index is 9.59. The van der Waals surface area contributed by atoms with E-state index in [1.807, 2.05) is 18.2 Å². The third kappa shape index (κ3) is 3.36. The first-order chi connectivity index (χ1) is 9.29. The highest BCUT2D eigenvalue weighted by Gasteiger charge is 2.22. The Labute approximate surface area is 127 Å². The maximum absolute atomic E-state index is 9.59. The lowest BCUT2D eigenvalue weighted by Crippen LogP contribution is -2.31. The highest BCUT2D eigenvalue weighted by molar-refractivity contribution is 6.33. The van der Waals surface area contributed by atoms with Crippen molar-refractivity contribution >= 4 is 17.3 Å². The Morgan fingerprint density at radius 1 is 1.30 bits per heavy atom. The van der Waals surface area contributed by atoms with E-state index in [2.05, 4.69) is 31.7 Å². The summed E-state index contributed by atoms with van der Waals surface area (Å²) in [7, 11) is 0. The average molecular weight is 294 g/mol. The van der Waals surface area contributed by atoms with E-state index in [1.165, 1.54) is 5.57 Å². The van der Waals surface area contributed by atoms with E-state index in [-0.39, 0.29) is 5.41 Å². The summed E-state index contributed by atoms with van der Waals surface area (Å²) in [5.41, 5.74) is 3.69. The third-order valence-corrected chi connectivity index (χ3v) is 4.27. The largest absolute Gasteiger partial charge is 0.389 e. The smallest absolute Gasteiger partial charge is 0.0762 e. The van der Waals surface area contributed by atoms with Crippen molar-refractivity contribution in [2.75, 3.05) is 18.0 Å². The SMILES string of the molecule is CC(O)c1ccc(N2CC=C(C(C)(C)C)CC2)c(Cl)c1. The number of nitrogens with zero attached hydrogens (tertiary/aromatic N) is 1. The first-order valence-electron chi connectivity index (χ1n) is 7.21. The van der Waals surface area contributed by atoms with Crippen LogP contribution in [0.2, 0.25) is 5.02 Å². The van der Waals surface area contributed by atoms with Crippen LogP contribution in [0.4, 0.5) is 5.69 Å². The summed E-state index contributed by atoms with van der Waals surface area (Å²) >= 11 is 6.36. The van der Waals surface area contributed by atoms with Crippen LogP contribution in [-0.2, 0) is 0 Å². The molecule has 0 amide bonds. The second-order valence-electron chi connectivity index (χ2n) is 6.56. The fraction of sp³-hybridized carbons (Fsp3) is 0.529. The zero-order valence-corrected chi connectivity index (χ0v) is 13.5. The van der Waals surface area contributed by atoms with Crippen molar-refractivity contribution in [1.82, 2.24) is 0 Å². The molecule has 110 valence electrons. The minimum absolute atomic E-state index is 0.256. The van der Waals surface area contributed by atoms with Crippen molar-refractivity contribution in [2.45, 2.75) is 40.2 Å². The molecule has 2 rings (SSSR count). The first-order valence-corrected chi connectivity index (χ1v) is 7.59. The quantitative estimate of drug-likeness (QED) is 0.807.